The van der Waals surface area contributed by atoms with E-state index in [0.29, 0.717) is 5.75 Å². The lowest BCUT2D eigenvalue weighted by atomic mass is 9.63. The van der Waals surface area contributed by atoms with Gasteiger partial charge in [0.25, 0.3) is 0 Å². The van der Waals surface area contributed by atoms with Crippen LogP contribution in [0.15, 0.2) is 12.1 Å². The number of benzene rings is 1. The number of aliphatic hydroxyl groups excluding tert-OH is 1. The lowest BCUT2D eigenvalue weighted by Gasteiger charge is -2.50. The van der Waals surface area contributed by atoms with Crippen LogP contribution < -0.4 is 4.74 Å². The van der Waals surface area contributed by atoms with Crippen molar-refractivity contribution in [2.45, 2.75) is 83.8 Å². The van der Waals surface area contributed by atoms with Gasteiger partial charge >= 0.3 is 0 Å². The summed E-state index contributed by atoms with van der Waals surface area (Å²) in [5.74, 6) is 2.01. The zero-order chi connectivity index (χ0) is 17.5. The summed E-state index contributed by atoms with van der Waals surface area (Å²) in [7, 11) is 0. The number of rotatable bonds is 4. The molecule has 2 N–H and O–H groups in total. The first kappa shape index (κ1) is 17.6. The van der Waals surface area contributed by atoms with Gasteiger partial charge in [-0.05, 0) is 69.1 Å². The van der Waals surface area contributed by atoms with E-state index < -0.39 is 0 Å². The fourth-order valence-corrected chi connectivity index (χ4v) is 4.67. The fraction of sp³-hybridized carbons (Fsp3) is 0.714. The lowest BCUT2D eigenvalue weighted by molar-refractivity contribution is -0.0566. The zero-order valence-electron chi connectivity index (χ0n) is 15.5. The summed E-state index contributed by atoms with van der Waals surface area (Å²) in [5.41, 5.74) is 1.82. The van der Waals surface area contributed by atoms with E-state index in [1.807, 2.05) is 6.07 Å². The van der Waals surface area contributed by atoms with Crippen LogP contribution in [-0.4, -0.2) is 21.9 Å². The molecule has 1 aliphatic carbocycles. The Morgan fingerprint density at radius 2 is 1.96 bits per heavy atom. The molecule has 0 bridgehead atoms. The van der Waals surface area contributed by atoms with Gasteiger partial charge in [0, 0.05) is 11.5 Å². The van der Waals surface area contributed by atoms with Gasteiger partial charge in [-0.3, -0.25) is 0 Å². The van der Waals surface area contributed by atoms with Crippen LogP contribution in [0.25, 0.3) is 0 Å². The first-order chi connectivity index (χ1) is 11.3. The molecule has 1 heterocycles. The molecule has 0 amide bonds. The van der Waals surface area contributed by atoms with Crippen molar-refractivity contribution in [1.82, 2.24) is 0 Å². The molecule has 0 saturated heterocycles. The third kappa shape index (κ3) is 3.15. The van der Waals surface area contributed by atoms with Crippen molar-refractivity contribution in [1.29, 1.82) is 0 Å². The monoisotopic (exact) mass is 332 g/mol. The van der Waals surface area contributed by atoms with Crippen LogP contribution in [0, 0.1) is 11.8 Å². The first-order valence-corrected chi connectivity index (χ1v) is 9.56. The zero-order valence-corrected chi connectivity index (χ0v) is 15.5. The van der Waals surface area contributed by atoms with Crippen LogP contribution in [0.3, 0.4) is 0 Å². The van der Waals surface area contributed by atoms with Crippen LogP contribution in [-0.2, 0) is 6.42 Å². The van der Waals surface area contributed by atoms with E-state index in [1.165, 1.54) is 12.8 Å². The van der Waals surface area contributed by atoms with Crippen LogP contribution in [0.2, 0.25) is 0 Å². The second kappa shape index (κ2) is 6.59. The van der Waals surface area contributed by atoms with Crippen LogP contribution in [0.5, 0.6) is 11.5 Å². The number of fused-ring (bicyclic) bond motifs is 3. The predicted molar refractivity (Wildman–Crippen MR) is 96.7 cm³/mol. The quantitative estimate of drug-likeness (QED) is 0.780. The topological polar surface area (TPSA) is 49.7 Å². The summed E-state index contributed by atoms with van der Waals surface area (Å²) < 4.78 is 6.33. The maximum absolute atomic E-state index is 10.7. The van der Waals surface area contributed by atoms with E-state index in [9.17, 15) is 10.2 Å². The molecule has 2 aliphatic rings. The molecular formula is C21H32O3. The van der Waals surface area contributed by atoms with Crippen molar-refractivity contribution in [2.75, 3.05) is 0 Å². The Balaban J connectivity index is 1.95. The molecule has 3 nitrogen and oxygen atoms in total. The fourth-order valence-electron chi connectivity index (χ4n) is 4.67. The highest BCUT2D eigenvalue weighted by molar-refractivity contribution is 5.52. The van der Waals surface area contributed by atoms with Gasteiger partial charge in [0.05, 0.1) is 6.10 Å². The van der Waals surface area contributed by atoms with Gasteiger partial charge in [-0.1, -0.05) is 26.7 Å². The highest BCUT2D eigenvalue weighted by Crippen LogP contribution is 2.55. The maximum Gasteiger partial charge on any atom is 0.127 e. The Hall–Kier alpha value is -1.22. The number of hydrogen-bond donors (Lipinski definition) is 2. The molecule has 1 aliphatic heterocycles. The average Bonchev–Trinajstić information content (AvgIpc) is 2.49. The van der Waals surface area contributed by atoms with Crippen molar-refractivity contribution in [3.05, 3.63) is 23.3 Å². The predicted octanol–water partition coefficient (Wildman–Crippen LogP) is 4.79. The second-order valence-corrected chi connectivity index (χ2v) is 8.42. The number of ether oxygens (including phenoxy) is 1. The molecule has 1 fully saturated rings. The number of aryl methyl sites for hydroxylation is 1. The van der Waals surface area contributed by atoms with Crippen molar-refractivity contribution in [3.8, 4) is 11.5 Å². The lowest BCUT2D eigenvalue weighted by Crippen LogP contribution is -2.49. The SMILES string of the molecule is CCCCCc1cc(O)c2c(c1)OC(C)(C)C1CC(O)C(C)CC21. The van der Waals surface area contributed by atoms with Crippen molar-refractivity contribution >= 4 is 0 Å². The Morgan fingerprint density at radius 3 is 2.67 bits per heavy atom. The highest BCUT2D eigenvalue weighted by Gasteiger charge is 2.49. The molecule has 1 aromatic carbocycles. The Labute approximate surface area is 146 Å². The van der Waals surface area contributed by atoms with Crippen molar-refractivity contribution in [2.24, 2.45) is 11.8 Å². The molecule has 4 unspecified atom stereocenters. The molecule has 1 aromatic rings. The first-order valence-electron chi connectivity index (χ1n) is 9.56. The Morgan fingerprint density at radius 1 is 1.21 bits per heavy atom. The van der Waals surface area contributed by atoms with E-state index in [-0.39, 0.29) is 29.5 Å². The molecule has 24 heavy (non-hydrogen) atoms. The van der Waals surface area contributed by atoms with Gasteiger partial charge in [-0.2, -0.15) is 0 Å². The van der Waals surface area contributed by atoms with Gasteiger partial charge < -0.3 is 14.9 Å². The molecule has 134 valence electrons. The van der Waals surface area contributed by atoms with Crippen molar-refractivity contribution in [3.63, 3.8) is 0 Å². The minimum absolute atomic E-state index is 0.244. The molecule has 0 spiro atoms. The number of phenolic OH excluding ortho intramolecular Hbond substituents is 1. The summed E-state index contributed by atoms with van der Waals surface area (Å²) >= 11 is 0. The normalized spacial score (nSPS) is 31.0. The molecule has 3 heteroatoms. The minimum atomic E-state index is -0.312. The molecule has 4 atom stereocenters. The van der Waals surface area contributed by atoms with Gasteiger partial charge in [0.1, 0.15) is 17.1 Å². The summed E-state index contributed by atoms with van der Waals surface area (Å²) in [6.07, 6.45) is 5.93. The van der Waals surface area contributed by atoms with E-state index in [2.05, 4.69) is 33.8 Å². The Kier molecular flexibility index (Phi) is 4.83. The standard InChI is InChI=1S/C21H32O3/c1-5-6-7-8-14-10-18(23)20-15-9-13(2)17(22)12-16(15)21(3,4)24-19(20)11-14/h10-11,13,15-17,22-23H,5-9,12H2,1-4H3. The largest absolute Gasteiger partial charge is 0.508 e. The minimum Gasteiger partial charge on any atom is -0.508 e. The third-order valence-electron chi connectivity index (χ3n) is 6.15. The van der Waals surface area contributed by atoms with Crippen LogP contribution in [0.1, 0.15) is 76.8 Å². The summed E-state index contributed by atoms with van der Waals surface area (Å²) in [4.78, 5) is 0. The molecule has 0 radical (unpaired) electrons. The summed E-state index contributed by atoms with van der Waals surface area (Å²) in [6, 6.07) is 4.07. The second-order valence-electron chi connectivity index (χ2n) is 8.42. The van der Waals surface area contributed by atoms with E-state index in [4.69, 9.17) is 4.74 Å². The van der Waals surface area contributed by atoms with E-state index in [1.54, 1.807) is 0 Å². The van der Waals surface area contributed by atoms with Gasteiger partial charge in [0.15, 0.2) is 0 Å². The summed E-state index contributed by atoms with van der Waals surface area (Å²) in [6.45, 7) is 8.56. The van der Waals surface area contributed by atoms with E-state index in [0.717, 1.165) is 42.6 Å². The Bertz CT molecular complexity index is 593. The van der Waals surface area contributed by atoms with Gasteiger partial charge in [-0.15, -0.1) is 0 Å². The number of aromatic hydroxyl groups is 1. The maximum atomic E-state index is 10.7. The molecule has 1 saturated carbocycles. The number of hydrogen-bond acceptors (Lipinski definition) is 3. The van der Waals surface area contributed by atoms with Crippen molar-refractivity contribution < 1.29 is 14.9 Å². The van der Waals surface area contributed by atoms with Crippen LogP contribution >= 0.6 is 0 Å². The molecule has 0 aromatic heterocycles. The molecular weight excluding hydrogens is 300 g/mol. The van der Waals surface area contributed by atoms with Crippen LogP contribution in [0.4, 0.5) is 0 Å². The van der Waals surface area contributed by atoms with Gasteiger partial charge in [-0.25, -0.2) is 0 Å². The average molecular weight is 332 g/mol. The summed E-state index contributed by atoms with van der Waals surface area (Å²) in [5, 5.41) is 21.0. The number of unbranched alkanes of at least 4 members (excludes halogenated alkanes) is 2. The number of phenols is 1. The van der Waals surface area contributed by atoms with Gasteiger partial charge in [0.2, 0.25) is 0 Å². The van der Waals surface area contributed by atoms with E-state index >= 15 is 0 Å². The number of aliphatic hydroxyl groups is 1. The highest BCUT2D eigenvalue weighted by atomic mass is 16.5. The third-order valence-corrected chi connectivity index (χ3v) is 6.15. The smallest absolute Gasteiger partial charge is 0.127 e. The molecule has 3 rings (SSSR count).